The summed E-state index contributed by atoms with van der Waals surface area (Å²) in [6.45, 7) is 5.94. The van der Waals surface area contributed by atoms with Gasteiger partial charge in [-0.05, 0) is 27.7 Å². The minimum absolute atomic E-state index is 0.173. The molecule has 0 aliphatic carbocycles. The maximum atomic E-state index is 12.4. The first-order chi connectivity index (χ1) is 9.06. The molecule has 0 atom stereocenters. The van der Waals surface area contributed by atoms with Gasteiger partial charge in [-0.15, -0.1) is 10.3 Å². The fraction of sp³-hybridized carbons (Fsp3) is 0.615. The molecule has 2 amide bonds. The summed E-state index contributed by atoms with van der Waals surface area (Å²) < 4.78 is 4.48. The van der Waals surface area contributed by atoms with E-state index >= 15 is 0 Å². The number of ether oxygens (including phenoxy) is 1. The lowest BCUT2D eigenvalue weighted by atomic mass is 9.92. The van der Waals surface area contributed by atoms with Crippen molar-refractivity contribution >= 4 is 17.8 Å². The molecule has 0 saturated carbocycles. The molecular weight excluding hydrogens is 264 g/mol. The molecule has 2 aliphatic heterocycles. The predicted octanol–water partition coefficient (Wildman–Crippen LogP) is 0.0431. The molecular formula is C13H17N2O5. The fourth-order valence-electron chi connectivity index (χ4n) is 2.95. The quantitative estimate of drug-likeness (QED) is 0.527. The van der Waals surface area contributed by atoms with Crippen LogP contribution in [0.5, 0.6) is 0 Å². The lowest BCUT2D eigenvalue weighted by molar-refractivity contribution is -0.241. The SMILES string of the molecule is COC(=O)CN1C(=O)C2=C(C1=O)C(C)(C)N([O])C2(C)C. The minimum Gasteiger partial charge on any atom is -0.468 e. The second-order valence-corrected chi connectivity index (χ2v) is 5.93. The number of carbonyl (C=O) groups excluding carboxylic acids is 3. The summed E-state index contributed by atoms with van der Waals surface area (Å²) in [5.41, 5.74) is -1.86. The third-order valence-corrected chi connectivity index (χ3v) is 3.92. The Kier molecular flexibility index (Phi) is 3.03. The molecule has 0 aromatic rings. The number of hydrogen-bond donors (Lipinski definition) is 0. The fourth-order valence-corrected chi connectivity index (χ4v) is 2.95. The zero-order chi connectivity index (χ0) is 15.5. The van der Waals surface area contributed by atoms with Gasteiger partial charge in [-0.2, -0.15) is 0 Å². The van der Waals surface area contributed by atoms with Crippen molar-refractivity contribution in [3.8, 4) is 0 Å². The van der Waals surface area contributed by atoms with E-state index < -0.39 is 35.4 Å². The van der Waals surface area contributed by atoms with E-state index in [1.165, 1.54) is 7.11 Å². The van der Waals surface area contributed by atoms with Gasteiger partial charge in [0, 0.05) is 0 Å². The number of amides is 2. The average Bonchev–Trinajstić information content (AvgIpc) is 2.69. The summed E-state index contributed by atoms with van der Waals surface area (Å²) in [4.78, 5) is 36.9. The number of carbonyl (C=O) groups is 3. The molecule has 109 valence electrons. The third-order valence-electron chi connectivity index (χ3n) is 3.92. The first-order valence-corrected chi connectivity index (χ1v) is 6.22. The van der Waals surface area contributed by atoms with Crippen molar-refractivity contribution in [2.24, 2.45) is 0 Å². The van der Waals surface area contributed by atoms with Crippen LogP contribution in [0.3, 0.4) is 0 Å². The average molecular weight is 281 g/mol. The summed E-state index contributed by atoms with van der Waals surface area (Å²) in [5.74, 6) is -1.86. The molecule has 20 heavy (non-hydrogen) atoms. The van der Waals surface area contributed by atoms with E-state index in [4.69, 9.17) is 0 Å². The standard InChI is InChI=1S/C13H17N2O5/c1-12(2)8-9(13(3,4)15(12)19)11(18)14(10(8)17)6-7(16)20-5/h6H2,1-5H3. The van der Waals surface area contributed by atoms with E-state index in [9.17, 15) is 19.6 Å². The van der Waals surface area contributed by atoms with Gasteiger partial charge in [0.2, 0.25) is 0 Å². The van der Waals surface area contributed by atoms with Crippen molar-refractivity contribution in [1.29, 1.82) is 0 Å². The minimum atomic E-state index is -1.10. The van der Waals surface area contributed by atoms with Gasteiger partial charge >= 0.3 is 5.97 Å². The van der Waals surface area contributed by atoms with Crippen LogP contribution >= 0.6 is 0 Å². The van der Waals surface area contributed by atoms with Gasteiger partial charge < -0.3 is 4.74 Å². The summed E-state index contributed by atoms with van der Waals surface area (Å²) in [6, 6.07) is 0. The summed E-state index contributed by atoms with van der Waals surface area (Å²) in [5, 5.41) is 13.1. The van der Waals surface area contributed by atoms with Crippen molar-refractivity contribution in [3.05, 3.63) is 11.1 Å². The van der Waals surface area contributed by atoms with Crippen LogP contribution in [0.1, 0.15) is 27.7 Å². The van der Waals surface area contributed by atoms with Crippen LogP contribution in [0, 0.1) is 0 Å². The Morgan fingerprint density at radius 2 is 1.45 bits per heavy atom. The third kappa shape index (κ3) is 1.63. The van der Waals surface area contributed by atoms with Crippen molar-refractivity contribution in [1.82, 2.24) is 9.96 Å². The molecule has 0 aromatic carbocycles. The molecule has 0 bridgehead atoms. The molecule has 2 rings (SSSR count). The van der Waals surface area contributed by atoms with Crippen LogP contribution in [-0.4, -0.2) is 52.5 Å². The van der Waals surface area contributed by atoms with Crippen LogP contribution < -0.4 is 0 Å². The highest BCUT2D eigenvalue weighted by molar-refractivity contribution is 6.23. The molecule has 7 nitrogen and oxygen atoms in total. The largest absolute Gasteiger partial charge is 0.468 e. The zero-order valence-corrected chi connectivity index (χ0v) is 12.1. The van der Waals surface area contributed by atoms with Gasteiger partial charge in [0.05, 0.1) is 29.3 Å². The van der Waals surface area contributed by atoms with Crippen molar-refractivity contribution < 1.29 is 24.3 Å². The summed E-state index contributed by atoms with van der Waals surface area (Å²) in [6.07, 6.45) is 0. The van der Waals surface area contributed by atoms with Gasteiger partial charge in [0.25, 0.3) is 11.8 Å². The van der Waals surface area contributed by atoms with Gasteiger partial charge in [-0.3, -0.25) is 19.3 Å². The molecule has 2 heterocycles. The Labute approximate surface area is 116 Å². The van der Waals surface area contributed by atoms with Crippen LogP contribution in [0.25, 0.3) is 0 Å². The number of esters is 1. The molecule has 2 aliphatic rings. The molecule has 0 aromatic heterocycles. The van der Waals surface area contributed by atoms with Gasteiger partial charge in [0.1, 0.15) is 6.54 Å². The van der Waals surface area contributed by atoms with Crippen LogP contribution in [0.4, 0.5) is 0 Å². The monoisotopic (exact) mass is 281 g/mol. The number of rotatable bonds is 2. The summed E-state index contributed by atoms with van der Waals surface area (Å²) in [7, 11) is 1.18. The number of methoxy groups -OCH3 is 1. The van der Waals surface area contributed by atoms with E-state index in [1.807, 2.05) is 0 Å². The van der Waals surface area contributed by atoms with Crippen molar-refractivity contribution in [2.45, 2.75) is 38.8 Å². The number of hydroxylamine groups is 2. The van der Waals surface area contributed by atoms with Crippen molar-refractivity contribution in [2.75, 3.05) is 13.7 Å². The topological polar surface area (TPSA) is 86.8 Å². The van der Waals surface area contributed by atoms with E-state index in [0.717, 1.165) is 9.96 Å². The highest BCUT2D eigenvalue weighted by Crippen LogP contribution is 2.48. The molecule has 0 saturated heterocycles. The van der Waals surface area contributed by atoms with Gasteiger partial charge in [0.15, 0.2) is 0 Å². The Morgan fingerprint density at radius 1 is 1.05 bits per heavy atom. The van der Waals surface area contributed by atoms with E-state index in [-0.39, 0.29) is 11.1 Å². The highest BCUT2D eigenvalue weighted by Gasteiger charge is 2.61. The normalized spacial score (nSPS) is 24.4. The second-order valence-electron chi connectivity index (χ2n) is 5.93. The van der Waals surface area contributed by atoms with Gasteiger partial charge in [-0.1, -0.05) is 0 Å². The van der Waals surface area contributed by atoms with Gasteiger partial charge in [-0.25, -0.2) is 0 Å². The van der Waals surface area contributed by atoms with Crippen LogP contribution in [0.15, 0.2) is 11.1 Å². The molecule has 0 N–H and O–H groups in total. The van der Waals surface area contributed by atoms with Crippen LogP contribution in [-0.2, 0) is 24.3 Å². The second kappa shape index (κ2) is 4.13. The Morgan fingerprint density at radius 3 is 1.80 bits per heavy atom. The predicted molar refractivity (Wildman–Crippen MR) is 66.4 cm³/mol. The van der Waals surface area contributed by atoms with E-state index in [0.29, 0.717) is 0 Å². The number of nitrogens with zero attached hydrogens (tertiary/aromatic N) is 2. The molecule has 7 heteroatoms. The first kappa shape index (κ1) is 14.7. The lowest BCUT2D eigenvalue weighted by Crippen LogP contribution is -2.53. The smallest absolute Gasteiger partial charge is 0.325 e. The molecule has 0 unspecified atom stereocenters. The highest BCUT2D eigenvalue weighted by atomic mass is 16.5. The maximum Gasteiger partial charge on any atom is 0.325 e. The molecule has 0 spiro atoms. The number of hydrogen-bond acceptors (Lipinski definition) is 5. The number of imide groups is 1. The first-order valence-electron chi connectivity index (χ1n) is 6.22. The summed E-state index contributed by atoms with van der Waals surface area (Å²) >= 11 is 0. The Balaban J connectivity index is 2.47. The Hall–Kier alpha value is -1.73. The van der Waals surface area contributed by atoms with E-state index in [2.05, 4.69) is 4.74 Å². The van der Waals surface area contributed by atoms with Crippen molar-refractivity contribution in [3.63, 3.8) is 0 Å². The van der Waals surface area contributed by atoms with E-state index in [1.54, 1.807) is 27.7 Å². The lowest BCUT2D eigenvalue weighted by Gasteiger charge is -2.36. The molecule has 1 radical (unpaired) electrons. The molecule has 0 fully saturated rings. The maximum absolute atomic E-state index is 12.4. The van der Waals surface area contributed by atoms with Crippen LogP contribution in [0.2, 0.25) is 0 Å². The zero-order valence-electron chi connectivity index (χ0n) is 12.1. The Bertz CT molecular complexity index is 509.